The molecule has 0 radical (unpaired) electrons. The normalized spacial score (nSPS) is 17.8. The molecule has 3 rings (SSSR count). The van der Waals surface area contributed by atoms with Crippen LogP contribution in [-0.4, -0.2) is 10.2 Å². The number of phenols is 2. The van der Waals surface area contributed by atoms with E-state index in [2.05, 4.69) is 36.4 Å². The third-order valence-electron chi connectivity index (χ3n) is 5.77. The third-order valence-corrected chi connectivity index (χ3v) is 5.77. The molecule has 0 aliphatic heterocycles. The Hall–Kier alpha value is -2.22. The number of benzene rings is 2. The topological polar surface area (TPSA) is 40.5 Å². The van der Waals surface area contributed by atoms with Crippen molar-refractivity contribution < 1.29 is 10.2 Å². The molecule has 0 saturated carbocycles. The molecule has 2 aromatic carbocycles. The molecule has 2 aromatic rings. The fourth-order valence-corrected chi connectivity index (χ4v) is 4.08. The Balaban J connectivity index is 2.17. The van der Waals surface area contributed by atoms with Crippen LogP contribution < -0.4 is 0 Å². The van der Waals surface area contributed by atoms with E-state index in [0.717, 1.165) is 24.0 Å². The Bertz CT molecular complexity index is 737. The van der Waals surface area contributed by atoms with Crippen molar-refractivity contribution in [2.24, 2.45) is 0 Å². The zero-order valence-corrected chi connectivity index (χ0v) is 16.0. The van der Waals surface area contributed by atoms with E-state index >= 15 is 0 Å². The zero-order valence-electron chi connectivity index (χ0n) is 16.0. The second-order valence-corrected chi connectivity index (χ2v) is 7.68. The van der Waals surface area contributed by atoms with Crippen LogP contribution in [0.15, 0.2) is 48.6 Å². The van der Waals surface area contributed by atoms with Gasteiger partial charge in [-0.3, -0.25) is 0 Å². The molecule has 2 nitrogen and oxygen atoms in total. The summed E-state index contributed by atoms with van der Waals surface area (Å²) < 4.78 is 0. The van der Waals surface area contributed by atoms with Gasteiger partial charge in [0.15, 0.2) is 0 Å². The first-order valence-corrected chi connectivity index (χ1v) is 9.81. The summed E-state index contributed by atoms with van der Waals surface area (Å²) in [6.45, 7) is 3.91. The summed E-state index contributed by atoms with van der Waals surface area (Å²) in [6.07, 6.45) is 13.1. The molecule has 26 heavy (non-hydrogen) atoms. The van der Waals surface area contributed by atoms with Crippen LogP contribution in [-0.2, 0) is 5.41 Å². The Kier molecular flexibility index (Phi) is 5.70. The van der Waals surface area contributed by atoms with Gasteiger partial charge in [-0.25, -0.2) is 0 Å². The van der Waals surface area contributed by atoms with Crippen LogP contribution in [0, 0.1) is 13.8 Å². The van der Waals surface area contributed by atoms with Gasteiger partial charge in [0, 0.05) is 5.41 Å². The van der Waals surface area contributed by atoms with Crippen LogP contribution in [0.2, 0.25) is 0 Å². The van der Waals surface area contributed by atoms with Gasteiger partial charge in [-0.1, -0.05) is 62.1 Å². The molecule has 0 atom stereocenters. The fraction of sp³-hybridized carbons (Fsp3) is 0.417. The van der Waals surface area contributed by atoms with E-state index in [9.17, 15) is 10.2 Å². The van der Waals surface area contributed by atoms with E-state index in [0.29, 0.717) is 11.5 Å². The van der Waals surface area contributed by atoms with E-state index < -0.39 is 0 Å². The van der Waals surface area contributed by atoms with Crippen molar-refractivity contribution in [1.82, 2.24) is 0 Å². The van der Waals surface area contributed by atoms with Crippen molar-refractivity contribution in [2.75, 3.05) is 0 Å². The molecule has 1 aliphatic carbocycles. The lowest BCUT2D eigenvalue weighted by atomic mass is 9.69. The number of phenolic OH excluding ortho intramolecular Hbond substituents is 2. The van der Waals surface area contributed by atoms with Gasteiger partial charge >= 0.3 is 0 Å². The maximum absolute atomic E-state index is 10.0. The van der Waals surface area contributed by atoms with Crippen molar-refractivity contribution in [3.8, 4) is 11.5 Å². The number of aromatic hydroxyl groups is 2. The molecule has 1 aliphatic rings. The lowest BCUT2D eigenvalue weighted by molar-refractivity contribution is 0.466. The van der Waals surface area contributed by atoms with Crippen molar-refractivity contribution >= 4 is 0 Å². The van der Waals surface area contributed by atoms with E-state index in [-0.39, 0.29) is 5.41 Å². The molecular formula is C24H30O2. The molecule has 0 aromatic heterocycles. The summed E-state index contributed by atoms with van der Waals surface area (Å²) in [5.74, 6) is 0.685. The van der Waals surface area contributed by atoms with Gasteiger partial charge in [-0.2, -0.15) is 0 Å². The Morgan fingerprint density at radius 3 is 1.85 bits per heavy atom. The highest BCUT2D eigenvalue weighted by Crippen LogP contribution is 2.42. The van der Waals surface area contributed by atoms with Crippen LogP contribution in [0.4, 0.5) is 0 Å². The number of hydrogen-bond acceptors (Lipinski definition) is 2. The van der Waals surface area contributed by atoms with Crippen molar-refractivity contribution in [3.63, 3.8) is 0 Å². The maximum Gasteiger partial charge on any atom is 0.118 e. The molecule has 2 N–H and O–H groups in total. The second-order valence-electron chi connectivity index (χ2n) is 7.68. The molecule has 0 unspecified atom stereocenters. The SMILES string of the molecule is Cc1cc(C2(c3ccc(O)c(C)c3)C=CCCCCCCC2)ccc1O. The van der Waals surface area contributed by atoms with Crippen molar-refractivity contribution in [3.05, 3.63) is 70.8 Å². The monoisotopic (exact) mass is 350 g/mol. The smallest absolute Gasteiger partial charge is 0.118 e. The Labute approximate surface area is 157 Å². The largest absolute Gasteiger partial charge is 0.508 e. The van der Waals surface area contributed by atoms with Crippen LogP contribution >= 0.6 is 0 Å². The summed E-state index contributed by atoms with van der Waals surface area (Å²) in [7, 11) is 0. The molecule has 0 amide bonds. The number of aryl methyl sites for hydroxylation is 2. The molecule has 0 heterocycles. The van der Waals surface area contributed by atoms with Gasteiger partial charge in [0.05, 0.1) is 0 Å². The van der Waals surface area contributed by atoms with Gasteiger partial charge < -0.3 is 10.2 Å². The van der Waals surface area contributed by atoms with E-state index in [1.54, 1.807) is 0 Å². The summed E-state index contributed by atoms with van der Waals surface area (Å²) in [5.41, 5.74) is 4.03. The number of allylic oxidation sites excluding steroid dienone is 2. The highest BCUT2D eigenvalue weighted by atomic mass is 16.3. The first-order valence-electron chi connectivity index (χ1n) is 9.81. The first kappa shape index (κ1) is 18.6. The molecular weight excluding hydrogens is 320 g/mol. The number of hydrogen-bond donors (Lipinski definition) is 2. The lowest BCUT2D eigenvalue weighted by Crippen LogP contribution is -2.26. The lowest BCUT2D eigenvalue weighted by Gasteiger charge is -2.34. The second kappa shape index (κ2) is 7.99. The maximum atomic E-state index is 10.0. The molecule has 138 valence electrons. The van der Waals surface area contributed by atoms with E-state index in [4.69, 9.17) is 0 Å². The molecule has 0 bridgehead atoms. The first-order chi connectivity index (χ1) is 12.5. The summed E-state index contributed by atoms with van der Waals surface area (Å²) >= 11 is 0. The predicted molar refractivity (Wildman–Crippen MR) is 108 cm³/mol. The molecule has 2 heteroatoms. The minimum absolute atomic E-state index is 0.214. The average Bonchev–Trinajstić information content (AvgIpc) is 2.64. The van der Waals surface area contributed by atoms with Crippen molar-refractivity contribution in [2.45, 2.75) is 64.2 Å². The van der Waals surface area contributed by atoms with E-state index in [1.807, 2.05) is 26.0 Å². The number of rotatable bonds is 2. The van der Waals surface area contributed by atoms with Gasteiger partial charge in [0.25, 0.3) is 0 Å². The third kappa shape index (κ3) is 3.80. The Morgan fingerprint density at radius 1 is 0.731 bits per heavy atom. The van der Waals surface area contributed by atoms with Crippen LogP contribution in [0.1, 0.15) is 67.2 Å². The highest BCUT2D eigenvalue weighted by Gasteiger charge is 2.32. The summed E-state index contributed by atoms with van der Waals surface area (Å²) in [4.78, 5) is 0. The van der Waals surface area contributed by atoms with Gasteiger partial charge in [-0.15, -0.1) is 0 Å². The van der Waals surface area contributed by atoms with Gasteiger partial charge in [0.1, 0.15) is 11.5 Å². The fourth-order valence-electron chi connectivity index (χ4n) is 4.08. The molecule has 0 fully saturated rings. The molecule has 0 saturated heterocycles. The minimum Gasteiger partial charge on any atom is -0.508 e. The molecule has 0 spiro atoms. The summed E-state index contributed by atoms with van der Waals surface area (Å²) in [6, 6.07) is 12.0. The van der Waals surface area contributed by atoms with Crippen LogP contribution in [0.5, 0.6) is 11.5 Å². The quantitative estimate of drug-likeness (QED) is 0.624. The van der Waals surface area contributed by atoms with E-state index in [1.165, 1.54) is 43.2 Å². The van der Waals surface area contributed by atoms with Gasteiger partial charge in [-0.05, 0) is 67.5 Å². The van der Waals surface area contributed by atoms with Crippen LogP contribution in [0.3, 0.4) is 0 Å². The van der Waals surface area contributed by atoms with Gasteiger partial charge in [0.2, 0.25) is 0 Å². The summed E-state index contributed by atoms with van der Waals surface area (Å²) in [5, 5.41) is 20.0. The highest BCUT2D eigenvalue weighted by molar-refractivity contribution is 5.50. The van der Waals surface area contributed by atoms with Crippen LogP contribution in [0.25, 0.3) is 0 Å². The van der Waals surface area contributed by atoms with Crippen molar-refractivity contribution in [1.29, 1.82) is 0 Å². The predicted octanol–water partition coefficient (Wildman–Crippen LogP) is 6.30. The average molecular weight is 351 g/mol. The Morgan fingerprint density at radius 2 is 1.27 bits per heavy atom. The minimum atomic E-state index is -0.214. The standard InChI is InChI=1S/C24H30O2/c1-18-16-20(10-12-22(18)25)24(21-11-13-23(26)19(2)17-21)14-8-6-4-3-5-7-9-15-24/h8,10-14,16-17,25-26H,3-7,9,15H2,1-2H3. The zero-order chi connectivity index (χ0) is 18.6.